The quantitative estimate of drug-likeness (QED) is 0.735. The van der Waals surface area contributed by atoms with E-state index in [1.807, 2.05) is 0 Å². The van der Waals surface area contributed by atoms with Crippen LogP contribution in [-0.4, -0.2) is 50.8 Å². The third-order valence-electron chi connectivity index (χ3n) is 4.57. The number of hydrogen-bond donors (Lipinski definition) is 1. The second-order valence-corrected chi connectivity index (χ2v) is 6.12. The van der Waals surface area contributed by atoms with E-state index in [-0.39, 0.29) is 0 Å². The number of nitrogens with one attached hydrogen (secondary N) is 1. The van der Waals surface area contributed by atoms with Crippen molar-refractivity contribution in [1.82, 2.24) is 10.2 Å². The molecule has 0 atom stereocenters. The van der Waals surface area contributed by atoms with Crippen LogP contribution in [0.4, 0.5) is 0 Å². The van der Waals surface area contributed by atoms with E-state index in [4.69, 9.17) is 4.74 Å². The van der Waals surface area contributed by atoms with E-state index in [9.17, 15) is 0 Å². The van der Waals surface area contributed by atoms with Gasteiger partial charge in [0.1, 0.15) is 0 Å². The maximum Gasteiger partial charge on any atom is 0.0594 e. The molecule has 0 aromatic heterocycles. The Balaban J connectivity index is 1.43. The molecule has 0 aromatic rings. The van der Waals surface area contributed by atoms with Crippen LogP contribution in [0.15, 0.2) is 0 Å². The lowest BCUT2D eigenvalue weighted by Gasteiger charge is -2.27. The molecule has 3 heteroatoms. The van der Waals surface area contributed by atoms with Crippen molar-refractivity contribution in [2.45, 2.75) is 39.0 Å². The fourth-order valence-electron chi connectivity index (χ4n) is 3.11. The first-order chi connectivity index (χ1) is 8.84. The number of rotatable bonds is 6. The molecule has 0 spiro atoms. The minimum atomic E-state index is 0.917. The summed E-state index contributed by atoms with van der Waals surface area (Å²) in [5.41, 5.74) is 0. The topological polar surface area (TPSA) is 24.5 Å². The zero-order chi connectivity index (χ0) is 12.6. The fraction of sp³-hybridized carbons (Fsp3) is 1.00. The fourth-order valence-corrected chi connectivity index (χ4v) is 3.11. The van der Waals surface area contributed by atoms with Crippen molar-refractivity contribution in [2.75, 3.05) is 45.9 Å². The van der Waals surface area contributed by atoms with Gasteiger partial charge >= 0.3 is 0 Å². The standard InChI is InChI=1S/C15H30N2O/c1-14-2-4-15(5-3-14)6-7-16-8-9-17-10-12-18-13-11-17/h14-16H,2-13H2,1H3. The molecule has 3 nitrogen and oxygen atoms in total. The van der Waals surface area contributed by atoms with Crippen molar-refractivity contribution in [1.29, 1.82) is 0 Å². The van der Waals surface area contributed by atoms with Gasteiger partial charge in [-0.15, -0.1) is 0 Å². The zero-order valence-corrected chi connectivity index (χ0v) is 12.0. The molecular weight excluding hydrogens is 224 g/mol. The van der Waals surface area contributed by atoms with E-state index in [0.29, 0.717) is 0 Å². The van der Waals surface area contributed by atoms with Gasteiger partial charge in [0.15, 0.2) is 0 Å². The summed E-state index contributed by atoms with van der Waals surface area (Å²) in [6, 6.07) is 0. The molecule has 106 valence electrons. The van der Waals surface area contributed by atoms with Crippen LogP contribution in [0.25, 0.3) is 0 Å². The summed E-state index contributed by atoms with van der Waals surface area (Å²) in [6.07, 6.45) is 7.23. The summed E-state index contributed by atoms with van der Waals surface area (Å²) in [5, 5.41) is 3.61. The third-order valence-corrected chi connectivity index (χ3v) is 4.57. The average Bonchev–Trinajstić information content (AvgIpc) is 2.42. The van der Waals surface area contributed by atoms with Gasteiger partial charge < -0.3 is 10.1 Å². The average molecular weight is 254 g/mol. The molecule has 1 saturated carbocycles. The zero-order valence-electron chi connectivity index (χ0n) is 12.0. The molecule has 1 heterocycles. The number of ether oxygens (including phenoxy) is 1. The first kappa shape index (κ1) is 14.3. The van der Waals surface area contributed by atoms with Crippen LogP contribution in [0.3, 0.4) is 0 Å². The van der Waals surface area contributed by atoms with Crippen molar-refractivity contribution in [2.24, 2.45) is 11.8 Å². The molecule has 2 aliphatic rings. The molecule has 1 N–H and O–H groups in total. The van der Waals surface area contributed by atoms with Gasteiger partial charge in [0.05, 0.1) is 13.2 Å². The Bertz CT molecular complexity index is 209. The van der Waals surface area contributed by atoms with Crippen LogP contribution in [0.1, 0.15) is 39.0 Å². The Hall–Kier alpha value is -0.120. The van der Waals surface area contributed by atoms with Gasteiger partial charge in [-0.1, -0.05) is 32.6 Å². The highest BCUT2D eigenvalue weighted by atomic mass is 16.5. The Labute approximate surface area is 112 Å². The van der Waals surface area contributed by atoms with Crippen molar-refractivity contribution in [3.8, 4) is 0 Å². The van der Waals surface area contributed by atoms with Crippen molar-refractivity contribution in [3.05, 3.63) is 0 Å². The smallest absolute Gasteiger partial charge is 0.0594 e. The maximum atomic E-state index is 5.35. The lowest BCUT2D eigenvalue weighted by atomic mass is 9.81. The van der Waals surface area contributed by atoms with Gasteiger partial charge in [-0.05, 0) is 24.8 Å². The Morgan fingerprint density at radius 1 is 1.06 bits per heavy atom. The number of nitrogens with zero attached hydrogens (tertiary/aromatic N) is 1. The van der Waals surface area contributed by atoms with Gasteiger partial charge in [0.2, 0.25) is 0 Å². The van der Waals surface area contributed by atoms with Crippen LogP contribution in [-0.2, 0) is 4.74 Å². The van der Waals surface area contributed by atoms with Gasteiger partial charge in [0.25, 0.3) is 0 Å². The molecule has 0 bridgehead atoms. The summed E-state index contributed by atoms with van der Waals surface area (Å²) in [6.45, 7) is 10.00. The molecule has 1 aliphatic heterocycles. The summed E-state index contributed by atoms with van der Waals surface area (Å²) in [5.74, 6) is 1.98. The van der Waals surface area contributed by atoms with Crippen LogP contribution in [0.5, 0.6) is 0 Å². The lowest BCUT2D eigenvalue weighted by Crippen LogP contribution is -2.40. The summed E-state index contributed by atoms with van der Waals surface area (Å²) < 4.78 is 5.35. The van der Waals surface area contributed by atoms with Crippen molar-refractivity contribution in [3.63, 3.8) is 0 Å². The second kappa shape index (κ2) is 8.13. The summed E-state index contributed by atoms with van der Waals surface area (Å²) in [4.78, 5) is 2.50. The molecule has 0 aromatic carbocycles. The van der Waals surface area contributed by atoms with E-state index in [1.165, 1.54) is 45.2 Å². The molecular formula is C15H30N2O. The Kier molecular flexibility index (Phi) is 6.46. The minimum absolute atomic E-state index is 0.917. The molecule has 1 aliphatic carbocycles. The van der Waals surface area contributed by atoms with Gasteiger partial charge in [-0.2, -0.15) is 0 Å². The molecule has 2 rings (SSSR count). The molecule has 2 fully saturated rings. The molecule has 0 amide bonds. The highest BCUT2D eigenvalue weighted by Gasteiger charge is 2.17. The second-order valence-electron chi connectivity index (χ2n) is 6.12. The largest absolute Gasteiger partial charge is 0.379 e. The van der Waals surface area contributed by atoms with Crippen molar-refractivity contribution < 1.29 is 4.74 Å². The number of morpholine rings is 1. The van der Waals surface area contributed by atoms with E-state index >= 15 is 0 Å². The van der Waals surface area contributed by atoms with E-state index in [2.05, 4.69) is 17.1 Å². The highest BCUT2D eigenvalue weighted by molar-refractivity contribution is 4.71. The van der Waals surface area contributed by atoms with Crippen LogP contribution in [0.2, 0.25) is 0 Å². The Morgan fingerprint density at radius 3 is 2.50 bits per heavy atom. The third kappa shape index (κ3) is 5.25. The van der Waals surface area contributed by atoms with Crippen LogP contribution >= 0.6 is 0 Å². The summed E-state index contributed by atoms with van der Waals surface area (Å²) in [7, 11) is 0. The maximum absolute atomic E-state index is 5.35. The summed E-state index contributed by atoms with van der Waals surface area (Å²) >= 11 is 0. The van der Waals surface area contributed by atoms with Gasteiger partial charge in [-0.3, -0.25) is 4.90 Å². The van der Waals surface area contributed by atoms with E-state index < -0.39 is 0 Å². The van der Waals surface area contributed by atoms with Gasteiger partial charge in [0, 0.05) is 26.2 Å². The number of hydrogen-bond acceptors (Lipinski definition) is 3. The van der Waals surface area contributed by atoms with Crippen LogP contribution in [0, 0.1) is 11.8 Å². The first-order valence-corrected chi connectivity index (χ1v) is 7.85. The van der Waals surface area contributed by atoms with E-state index in [1.54, 1.807) is 0 Å². The molecule has 1 saturated heterocycles. The monoisotopic (exact) mass is 254 g/mol. The van der Waals surface area contributed by atoms with Crippen LogP contribution < -0.4 is 5.32 Å². The first-order valence-electron chi connectivity index (χ1n) is 7.85. The molecule has 0 unspecified atom stereocenters. The van der Waals surface area contributed by atoms with E-state index in [0.717, 1.165) is 44.7 Å². The highest BCUT2D eigenvalue weighted by Crippen LogP contribution is 2.29. The SMILES string of the molecule is CC1CCC(CCNCCN2CCOCC2)CC1. The molecule has 0 radical (unpaired) electrons. The minimum Gasteiger partial charge on any atom is -0.379 e. The molecule has 18 heavy (non-hydrogen) atoms. The normalized spacial score (nSPS) is 30.5. The Morgan fingerprint density at radius 2 is 1.78 bits per heavy atom. The predicted molar refractivity (Wildman–Crippen MR) is 75.9 cm³/mol. The lowest BCUT2D eigenvalue weighted by molar-refractivity contribution is 0.0384. The predicted octanol–water partition coefficient (Wildman–Crippen LogP) is 2.12. The van der Waals surface area contributed by atoms with Gasteiger partial charge in [-0.25, -0.2) is 0 Å². The van der Waals surface area contributed by atoms with Crippen molar-refractivity contribution >= 4 is 0 Å².